The van der Waals surface area contributed by atoms with Crippen LogP contribution in [-0.4, -0.2) is 51.2 Å². The molecule has 5 nitrogen and oxygen atoms in total. The SMILES string of the molecule is COc1ccc(CC(=O)N2CCC3(CCNC3)C2)cc1OC.Cl. The standard InChI is InChI=1S/C17H24N2O3.ClH/c1-21-14-4-3-13(9-15(14)22-2)10-16(20)19-8-6-17(12-19)5-7-18-11-17;/h3-4,9,18H,5-8,10-12H2,1-2H3;1H. The molecular weight excluding hydrogens is 316 g/mol. The van der Waals surface area contributed by atoms with Crippen molar-refractivity contribution in [3.05, 3.63) is 23.8 Å². The van der Waals surface area contributed by atoms with Gasteiger partial charge in [0.2, 0.25) is 5.91 Å². The van der Waals surface area contributed by atoms with Crippen molar-refractivity contribution >= 4 is 18.3 Å². The topological polar surface area (TPSA) is 50.8 Å². The Kier molecular flexibility index (Phi) is 5.76. The van der Waals surface area contributed by atoms with E-state index < -0.39 is 0 Å². The Balaban J connectivity index is 0.00000192. The summed E-state index contributed by atoms with van der Waals surface area (Å²) in [6.07, 6.45) is 2.73. The summed E-state index contributed by atoms with van der Waals surface area (Å²) >= 11 is 0. The monoisotopic (exact) mass is 340 g/mol. The van der Waals surface area contributed by atoms with E-state index >= 15 is 0 Å². The van der Waals surface area contributed by atoms with E-state index in [2.05, 4.69) is 5.32 Å². The maximum Gasteiger partial charge on any atom is 0.227 e. The molecule has 0 bridgehead atoms. The van der Waals surface area contributed by atoms with Gasteiger partial charge in [-0.1, -0.05) is 6.07 Å². The highest BCUT2D eigenvalue weighted by Crippen LogP contribution is 2.36. The quantitative estimate of drug-likeness (QED) is 0.909. The van der Waals surface area contributed by atoms with Crippen LogP contribution in [-0.2, 0) is 11.2 Å². The first kappa shape index (κ1) is 17.9. The van der Waals surface area contributed by atoms with Gasteiger partial charge in [-0.2, -0.15) is 0 Å². The highest BCUT2D eigenvalue weighted by molar-refractivity contribution is 5.85. The van der Waals surface area contributed by atoms with E-state index in [1.54, 1.807) is 14.2 Å². The maximum atomic E-state index is 12.5. The Labute approximate surface area is 143 Å². The molecule has 0 aromatic heterocycles. The number of ether oxygens (including phenoxy) is 2. The molecule has 1 aromatic rings. The normalized spacial score (nSPS) is 23.0. The number of carbonyl (C=O) groups is 1. The van der Waals surface area contributed by atoms with Gasteiger partial charge in [0.25, 0.3) is 0 Å². The molecule has 1 spiro atoms. The van der Waals surface area contributed by atoms with Crippen molar-refractivity contribution in [3.8, 4) is 11.5 Å². The zero-order chi connectivity index (χ0) is 15.6. The molecular formula is C17H25ClN2O3. The third kappa shape index (κ3) is 3.72. The second-order valence-electron chi connectivity index (χ2n) is 6.36. The first-order valence-electron chi connectivity index (χ1n) is 7.85. The number of amides is 1. The molecule has 3 rings (SSSR count). The van der Waals surface area contributed by atoms with Gasteiger partial charge in [-0.15, -0.1) is 12.4 Å². The summed E-state index contributed by atoms with van der Waals surface area (Å²) < 4.78 is 10.5. The van der Waals surface area contributed by atoms with Crippen LogP contribution in [0.5, 0.6) is 11.5 Å². The van der Waals surface area contributed by atoms with Gasteiger partial charge in [0.15, 0.2) is 11.5 Å². The summed E-state index contributed by atoms with van der Waals surface area (Å²) in [6, 6.07) is 5.68. The van der Waals surface area contributed by atoms with Gasteiger partial charge in [0, 0.05) is 25.0 Å². The summed E-state index contributed by atoms with van der Waals surface area (Å²) in [5, 5.41) is 3.42. The van der Waals surface area contributed by atoms with Crippen molar-refractivity contribution in [1.29, 1.82) is 0 Å². The molecule has 1 N–H and O–H groups in total. The Morgan fingerprint density at radius 1 is 1.26 bits per heavy atom. The predicted octanol–water partition coefficient (Wildman–Crippen LogP) is 1.88. The zero-order valence-electron chi connectivity index (χ0n) is 13.8. The lowest BCUT2D eigenvalue weighted by Gasteiger charge is -2.23. The minimum absolute atomic E-state index is 0. The molecule has 0 saturated carbocycles. The summed E-state index contributed by atoms with van der Waals surface area (Å²) in [6.45, 7) is 3.91. The van der Waals surface area contributed by atoms with Crippen LogP contribution in [0.4, 0.5) is 0 Å². The van der Waals surface area contributed by atoms with Crippen molar-refractivity contribution in [3.63, 3.8) is 0 Å². The van der Waals surface area contributed by atoms with Gasteiger partial charge in [-0.25, -0.2) is 0 Å². The third-order valence-corrected chi connectivity index (χ3v) is 4.93. The fourth-order valence-corrected chi connectivity index (χ4v) is 3.57. The first-order chi connectivity index (χ1) is 10.7. The highest BCUT2D eigenvalue weighted by atomic mass is 35.5. The molecule has 2 aliphatic heterocycles. The number of nitrogens with one attached hydrogen (secondary N) is 1. The molecule has 2 saturated heterocycles. The van der Waals surface area contributed by atoms with Crippen LogP contribution in [0.1, 0.15) is 18.4 Å². The first-order valence-corrected chi connectivity index (χ1v) is 7.85. The van der Waals surface area contributed by atoms with Crippen LogP contribution in [0.15, 0.2) is 18.2 Å². The largest absolute Gasteiger partial charge is 0.493 e. The number of halogens is 1. The van der Waals surface area contributed by atoms with Crippen LogP contribution < -0.4 is 14.8 Å². The summed E-state index contributed by atoms with van der Waals surface area (Å²) in [4.78, 5) is 14.6. The molecule has 0 aliphatic carbocycles. The van der Waals surface area contributed by atoms with E-state index in [-0.39, 0.29) is 18.3 Å². The minimum atomic E-state index is 0. The molecule has 1 atom stereocenters. The van der Waals surface area contributed by atoms with Gasteiger partial charge >= 0.3 is 0 Å². The molecule has 128 valence electrons. The van der Waals surface area contributed by atoms with E-state index in [1.807, 2.05) is 23.1 Å². The lowest BCUT2D eigenvalue weighted by Crippen LogP contribution is -2.34. The Bertz CT molecular complexity index is 559. The van der Waals surface area contributed by atoms with Crippen LogP contribution in [0.3, 0.4) is 0 Å². The molecule has 1 amide bonds. The third-order valence-electron chi connectivity index (χ3n) is 4.93. The molecule has 2 aliphatic rings. The lowest BCUT2D eigenvalue weighted by molar-refractivity contribution is -0.129. The zero-order valence-corrected chi connectivity index (χ0v) is 14.6. The van der Waals surface area contributed by atoms with E-state index in [1.165, 1.54) is 6.42 Å². The van der Waals surface area contributed by atoms with Crippen LogP contribution in [0.25, 0.3) is 0 Å². The second-order valence-corrected chi connectivity index (χ2v) is 6.36. The van der Waals surface area contributed by atoms with Crippen molar-refractivity contribution in [1.82, 2.24) is 10.2 Å². The van der Waals surface area contributed by atoms with Gasteiger partial charge in [0.05, 0.1) is 20.6 Å². The molecule has 2 fully saturated rings. The predicted molar refractivity (Wildman–Crippen MR) is 91.6 cm³/mol. The Morgan fingerprint density at radius 2 is 2.04 bits per heavy atom. The molecule has 2 heterocycles. The number of likely N-dealkylation sites (tertiary alicyclic amines) is 1. The summed E-state index contributed by atoms with van der Waals surface area (Å²) in [7, 11) is 3.22. The second kappa shape index (κ2) is 7.41. The van der Waals surface area contributed by atoms with Crippen molar-refractivity contribution < 1.29 is 14.3 Å². The van der Waals surface area contributed by atoms with Crippen LogP contribution in [0, 0.1) is 5.41 Å². The molecule has 23 heavy (non-hydrogen) atoms. The van der Waals surface area contributed by atoms with Gasteiger partial charge in [-0.05, 0) is 37.1 Å². The maximum absolute atomic E-state index is 12.5. The van der Waals surface area contributed by atoms with Crippen molar-refractivity contribution in [2.75, 3.05) is 40.4 Å². The van der Waals surface area contributed by atoms with E-state index in [0.29, 0.717) is 23.3 Å². The van der Waals surface area contributed by atoms with Crippen LogP contribution in [0.2, 0.25) is 0 Å². The minimum Gasteiger partial charge on any atom is -0.493 e. The highest BCUT2D eigenvalue weighted by Gasteiger charge is 2.41. The molecule has 0 radical (unpaired) electrons. The number of hydrogen-bond donors (Lipinski definition) is 1. The number of carbonyl (C=O) groups excluding carboxylic acids is 1. The lowest BCUT2D eigenvalue weighted by atomic mass is 9.86. The van der Waals surface area contributed by atoms with Crippen molar-refractivity contribution in [2.45, 2.75) is 19.3 Å². The van der Waals surface area contributed by atoms with E-state index in [0.717, 1.165) is 38.2 Å². The van der Waals surface area contributed by atoms with Crippen LogP contribution >= 0.6 is 12.4 Å². The van der Waals surface area contributed by atoms with Gasteiger partial charge < -0.3 is 19.7 Å². The summed E-state index contributed by atoms with van der Waals surface area (Å²) in [5.41, 5.74) is 1.29. The summed E-state index contributed by atoms with van der Waals surface area (Å²) in [5.74, 6) is 1.57. The number of methoxy groups -OCH3 is 2. The number of benzene rings is 1. The fourth-order valence-electron chi connectivity index (χ4n) is 3.57. The van der Waals surface area contributed by atoms with Gasteiger partial charge in [0.1, 0.15) is 0 Å². The fraction of sp³-hybridized carbons (Fsp3) is 0.588. The Hall–Kier alpha value is -1.46. The van der Waals surface area contributed by atoms with Gasteiger partial charge in [-0.3, -0.25) is 4.79 Å². The Morgan fingerprint density at radius 3 is 2.70 bits per heavy atom. The average Bonchev–Trinajstić information content (AvgIpc) is 3.17. The molecule has 1 unspecified atom stereocenters. The smallest absolute Gasteiger partial charge is 0.227 e. The molecule has 1 aromatic carbocycles. The average molecular weight is 341 g/mol. The number of hydrogen-bond acceptors (Lipinski definition) is 4. The van der Waals surface area contributed by atoms with E-state index in [4.69, 9.17) is 9.47 Å². The number of rotatable bonds is 4. The molecule has 6 heteroatoms. The van der Waals surface area contributed by atoms with E-state index in [9.17, 15) is 4.79 Å². The number of nitrogens with zero attached hydrogens (tertiary/aromatic N) is 1. The van der Waals surface area contributed by atoms with Crippen molar-refractivity contribution in [2.24, 2.45) is 5.41 Å².